The number of carbonyl (C=O) groups excluding carboxylic acids is 3. The first kappa shape index (κ1) is 20.3. The molecular formula is C23H23N5O3. The third-order valence-electron chi connectivity index (χ3n) is 5.39. The zero-order valence-corrected chi connectivity index (χ0v) is 17.5. The quantitative estimate of drug-likeness (QED) is 0.555. The van der Waals surface area contributed by atoms with Crippen LogP contribution in [0.1, 0.15) is 39.8 Å². The number of nitrogens with one attached hydrogen (secondary N) is 3. The van der Waals surface area contributed by atoms with Crippen LogP contribution in [0.25, 0.3) is 0 Å². The van der Waals surface area contributed by atoms with Crippen LogP contribution in [0.15, 0.2) is 54.6 Å². The molecule has 1 aliphatic heterocycles. The number of hydrogen-bond acceptors (Lipinski definition) is 4. The van der Waals surface area contributed by atoms with Crippen LogP contribution in [-0.2, 0) is 16.9 Å². The monoisotopic (exact) mass is 417 g/mol. The summed E-state index contributed by atoms with van der Waals surface area (Å²) < 4.78 is 1.93. The molecule has 1 fully saturated rings. The number of benzene rings is 2. The summed E-state index contributed by atoms with van der Waals surface area (Å²) in [5.74, 6) is -0.695. The van der Waals surface area contributed by atoms with Gasteiger partial charge in [-0.3, -0.25) is 19.6 Å². The summed E-state index contributed by atoms with van der Waals surface area (Å²) in [6.07, 6.45) is 0. The minimum Gasteiger partial charge on any atom is -0.322 e. The molecule has 4 rings (SSSR count). The second-order valence-corrected chi connectivity index (χ2v) is 7.85. The first-order valence-corrected chi connectivity index (χ1v) is 9.90. The summed E-state index contributed by atoms with van der Waals surface area (Å²) in [6, 6.07) is 15.7. The summed E-state index contributed by atoms with van der Waals surface area (Å²) in [4.78, 5) is 36.4. The van der Waals surface area contributed by atoms with Crippen molar-refractivity contribution in [1.82, 2.24) is 20.4 Å². The Labute approximate surface area is 179 Å². The maximum absolute atomic E-state index is 12.7. The van der Waals surface area contributed by atoms with Gasteiger partial charge in [0.05, 0.1) is 12.2 Å². The molecule has 1 saturated heterocycles. The van der Waals surface area contributed by atoms with E-state index in [1.807, 2.05) is 36.7 Å². The van der Waals surface area contributed by atoms with E-state index in [9.17, 15) is 14.4 Å². The van der Waals surface area contributed by atoms with Gasteiger partial charge in [0.15, 0.2) is 0 Å². The van der Waals surface area contributed by atoms with Gasteiger partial charge < -0.3 is 10.6 Å². The van der Waals surface area contributed by atoms with Gasteiger partial charge in [-0.05, 0) is 62.2 Å². The number of imide groups is 1. The molecule has 3 N–H and O–H groups in total. The molecule has 3 aromatic rings. The molecule has 1 aromatic heterocycles. The fourth-order valence-electron chi connectivity index (χ4n) is 3.63. The van der Waals surface area contributed by atoms with E-state index in [0.29, 0.717) is 23.4 Å². The van der Waals surface area contributed by atoms with Gasteiger partial charge in [0.2, 0.25) is 0 Å². The molecule has 31 heavy (non-hydrogen) atoms. The molecule has 0 saturated carbocycles. The van der Waals surface area contributed by atoms with Crippen molar-refractivity contribution < 1.29 is 14.4 Å². The topological polar surface area (TPSA) is 105 Å². The van der Waals surface area contributed by atoms with Gasteiger partial charge >= 0.3 is 6.03 Å². The fourth-order valence-corrected chi connectivity index (χ4v) is 3.63. The van der Waals surface area contributed by atoms with Crippen LogP contribution in [0.3, 0.4) is 0 Å². The van der Waals surface area contributed by atoms with Crippen molar-refractivity contribution in [2.45, 2.75) is 32.9 Å². The highest BCUT2D eigenvalue weighted by Gasteiger charge is 2.43. The molecule has 1 atom stereocenters. The number of hydrogen-bond donors (Lipinski definition) is 3. The lowest BCUT2D eigenvalue weighted by Gasteiger charge is -2.21. The summed E-state index contributed by atoms with van der Waals surface area (Å²) in [6.45, 7) is 6.22. The molecular weight excluding hydrogens is 394 g/mol. The first-order chi connectivity index (χ1) is 14.7. The van der Waals surface area contributed by atoms with Gasteiger partial charge in [-0.15, -0.1) is 0 Å². The number of rotatable bonds is 5. The van der Waals surface area contributed by atoms with Crippen LogP contribution in [-0.4, -0.2) is 27.6 Å². The van der Waals surface area contributed by atoms with Crippen LogP contribution < -0.4 is 16.0 Å². The molecule has 2 heterocycles. The van der Waals surface area contributed by atoms with Gasteiger partial charge in [0.25, 0.3) is 11.8 Å². The second-order valence-electron chi connectivity index (χ2n) is 7.85. The summed E-state index contributed by atoms with van der Waals surface area (Å²) >= 11 is 0. The number of aryl methyl sites for hydroxylation is 2. The van der Waals surface area contributed by atoms with Crippen molar-refractivity contribution in [1.29, 1.82) is 0 Å². The minimum atomic E-state index is -1.18. The van der Waals surface area contributed by atoms with Gasteiger partial charge in [0, 0.05) is 16.9 Å². The molecule has 2 aromatic carbocycles. The van der Waals surface area contributed by atoms with E-state index >= 15 is 0 Å². The van der Waals surface area contributed by atoms with Crippen molar-refractivity contribution in [3.05, 3.63) is 82.7 Å². The highest BCUT2D eigenvalue weighted by Crippen LogP contribution is 2.26. The Morgan fingerprint density at radius 1 is 1.10 bits per heavy atom. The SMILES string of the molecule is Cc1cc(C)n(Cc2ccc(C(=O)Nc3cccc(C4(C)NC(=O)NC4=O)c3)cc2)n1. The molecule has 0 aliphatic carbocycles. The van der Waals surface area contributed by atoms with E-state index in [0.717, 1.165) is 17.0 Å². The van der Waals surface area contributed by atoms with Crippen LogP contribution in [0.2, 0.25) is 0 Å². The molecule has 1 unspecified atom stereocenters. The standard InChI is InChI=1S/C23H23N5O3/c1-14-11-15(2)28(27-14)13-16-7-9-17(10-8-16)20(29)24-19-6-4-5-18(12-19)23(3)21(30)25-22(31)26-23/h4-12H,13H2,1-3H3,(H,24,29)(H2,25,26,30,31). The Hall–Kier alpha value is -3.94. The summed E-state index contributed by atoms with van der Waals surface area (Å²) in [5.41, 5.74) is 3.54. The summed E-state index contributed by atoms with van der Waals surface area (Å²) in [7, 11) is 0. The van der Waals surface area contributed by atoms with E-state index < -0.39 is 17.5 Å². The van der Waals surface area contributed by atoms with Crippen LogP contribution in [0.4, 0.5) is 10.5 Å². The van der Waals surface area contributed by atoms with Crippen molar-refractivity contribution in [2.24, 2.45) is 0 Å². The lowest BCUT2D eigenvalue weighted by Crippen LogP contribution is -2.40. The number of nitrogens with zero attached hydrogens (tertiary/aromatic N) is 2. The highest BCUT2D eigenvalue weighted by atomic mass is 16.2. The second kappa shape index (κ2) is 7.71. The molecule has 0 spiro atoms. The molecule has 8 nitrogen and oxygen atoms in total. The van der Waals surface area contributed by atoms with Crippen molar-refractivity contribution in [3.8, 4) is 0 Å². The largest absolute Gasteiger partial charge is 0.322 e. The van der Waals surface area contributed by atoms with E-state index in [1.165, 1.54) is 0 Å². The molecule has 0 bridgehead atoms. The van der Waals surface area contributed by atoms with E-state index in [-0.39, 0.29) is 5.91 Å². The lowest BCUT2D eigenvalue weighted by molar-refractivity contribution is -0.123. The lowest BCUT2D eigenvalue weighted by atomic mass is 9.92. The molecule has 8 heteroatoms. The predicted octanol–water partition coefficient (Wildman–Crippen LogP) is 2.86. The minimum absolute atomic E-state index is 0.264. The summed E-state index contributed by atoms with van der Waals surface area (Å²) in [5, 5.41) is 12.2. The highest BCUT2D eigenvalue weighted by molar-refractivity contribution is 6.07. The average molecular weight is 417 g/mol. The maximum atomic E-state index is 12.7. The van der Waals surface area contributed by atoms with Gasteiger partial charge in [-0.2, -0.15) is 5.10 Å². The Morgan fingerprint density at radius 2 is 1.84 bits per heavy atom. The van der Waals surface area contributed by atoms with Crippen molar-refractivity contribution >= 4 is 23.5 Å². The Kier molecular flexibility index (Phi) is 5.06. The maximum Gasteiger partial charge on any atom is 0.322 e. The van der Waals surface area contributed by atoms with Gasteiger partial charge in [0.1, 0.15) is 5.54 Å². The molecule has 4 amide bonds. The normalized spacial score (nSPS) is 17.9. The van der Waals surface area contributed by atoms with E-state index in [4.69, 9.17) is 0 Å². The molecule has 158 valence electrons. The average Bonchev–Trinajstić information content (AvgIpc) is 3.19. The number of amides is 4. The van der Waals surface area contributed by atoms with E-state index in [1.54, 1.807) is 43.3 Å². The van der Waals surface area contributed by atoms with Gasteiger partial charge in [-0.1, -0.05) is 24.3 Å². The number of anilines is 1. The Morgan fingerprint density at radius 3 is 2.45 bits per heavy atom. The number of urea groups is 1. The number of carbonyl (C=O) groups is 3. The fraction of sp³-hybridized carbons (Fsp3) is 0.217. The number of aromatic nitrogens is 2. The Balaban J connectivity index is 1.47. The van der Waals surface area contributed by atoms with Crippen LogP contribution in [0, 0.1) is 13.8 Å². The zero-order valence-electron chi connectivity index (χ0n) is 17.5. The predicted molar refractivity (Wildman–Crippen MR) is 116 cm³/mol. The third-order valence-corrected chi connectivity index (χ3v) is 5.39. The smallest absolute Gasteiger partial charge is 0.322 e. The third kappa shape index (κ3) is 4.05. The molecule has 1 aliphatic rings. The van der Waals surface area contributed by atoms with Crippen LogP contribution in [0.5, 0.6) is 0 Å². The van der Waals surface area contributed by atoms with Crippen molar-refractivity contribution in [2.75, 3.05) is 5.32 Å². The molecule has 0 radical (unpaired) electrons. The Bertz CT molecular complexity index is 1180. The van der Waals surface area contributed by atoms with Gasteiger partial charge in [-0.25, -0.2) is 4.79 Å². The van der Waals surface area contributed by atoms with E-state index in [2.05, 4.69) is 21.0 Å². The zero-order chi connectivity index (χ0) is 22.2. The van der Waals surface area contributed by atoms with Crippen LogP contribution >= 0.6 is 0 Å². The first-order valence-electron chi connectivity index (χ1n) is 9.90. The van der Waals surface area contributed by atoms with Crippen molar-refractivity contribution in [3.63, 3.8) is 0 Å².